The molecule has 0 spiro atoms. The number of pyridine rings is 1. The Bertz CT molecular complexity index is 1110. The van der Waals surface area contributed by atoms with Crippen LogP contribution in [0.15, 0.2) is 52.6 Å². The number of carboxylic acid groups (broad SMARTS) is 1. The van der Waals surface area contributed by atoms with Gasteiger partial charge in [-0.05, 0) is 86.9 Å². The summed E-state index contributed by atoms with van der Waals surface area (Å²) in [7, 11) is 1.63. The van der Waals surface area contributed by atoms with E-state index < -0.39 is 12.1 Å². The molecular weight excluding hydrogens is 478 g/mol. The van der Waals surface area contributed by atoms with Crippen molar-refractivity contribution in [2.75, 3.05) is 32.5 Å². The lowest BCUT2D eigenvalue weighted by molar-refractivity contribution is -0.137. The molecule has 36 heavy (non-hydrogen) atoms. The van der Waals surface area contributed by atoms with Gasteiger partial charge in [-0.1, -0.05) is 11.8 Å². The van der Waals surface area contributed by atoms with Gasteiger partial charge in [-0.3, -0.25) is 9.78 Å². The van der Waals surface area contributed by atoms with Crippen molar-refractivity contribution in [3.8, 4) is 5.75 Å². The van der Waals surface area contributed by atoms with Crippen molar-refractivity contribution in [3.63, 3.8) is 0 Å². The second-order valence-electron chi connectivity index (χ2n) is 9.42. The molecule has 2 aromatic heterocycles. The van der Waals surface area contributed by atoms with Gasteiger partial charge in [0.25, 0.3) is 5.22 Å². The van der Waals surface area contributed by atoms with Crippen LogP contribution in [-0.4, -0.2) is 63.5 Å². The molecule has 1 aliphatic heterocycles. The number of nitrogens with zero attached hydrogens (tertiary/aromatic N) is 3. The van der Waals surface area contributed by atoms with Crippen LogP contribution in [0.25, 0.3) is 10.9 Å². The van der Waals surface area contributed by atoms with E-state index in [2.05, 4.69) is 14.9 Å². The Morgan fingerprint density at radius 1 is 1.25 bits per heavy atom. The zero-order valence-corrected chi connectivity index (χ0v) is 21.5. The number of aromatic nitrogens is 2. The molecule has 3 heterocycles. The lowest BCUT2D eigenvalue weighted by atomic mass is 9.79. The first kappa shape index (κ1) is 26.4. The summed E-state index contributed by atoms with van der Waals surface area (Å²) in [4.78, 5) is 22.3. The number of piperidine rings is 1. The number of ether oxygens (including phenoxy) is 1. The monoisotopic (exact) mass is 513 g/mol. The van der Waals surface area contributed by atoms with Crippen molar-refractivity contribution in [2.24, 2.45) is 11.8 Å². The van der Waals surface area contributed by atoms with Crippen molar-refractivity contribution in [1.82, 2.24) is 14.9 Å². The van der Waals surface area contributed by atoms with Crippen LogP contribution in [0.3, 0.4) is 0 Å². The number of hydrogen-bond acceptors (Lipinski definition) is 8. The van der Waals surface area contributed by atoms with E-state index in [0.717, 1.165) is 66.9 Å². The van der Waals surface area contributed by atoms with Crippen LogP contribution in [0.2, 0.25) is 0 Å². The van der Waals surface area contributed by atoms with Crippen LogP contribution in [0.1, 0.15) is 50.2 Å². The summed E-state index contributed by atoms with van der Waals surface area (Å²) in [5.41, 5.74) is 1.70. The Hall–Kier alpha value is -2.62. The van der Waals surface area contributed by atoms with Gasteiger partial charge in [0, 0.05) is 30.3 Å². The van der Waals surface area contributed by atoms with E-state index in [4.69, 9.17) is 9.15 Å². The highest BCUT2D eigenvalue weighted by Gasteiger charge is 2.30. The topological polar surface area (TPSA) is 109 Å². The number of aliphatic hydroxyl groups is 1. The molecule has 1 fully saturated rings. The number of rotatable bonds is 13. The quantitative estimate of drug-likeness (QED) is 0.240. The number of carbonyl (C=O) groups is 1. The van der Waals surface area contributed by atoms with E-state index in [1.165, 1.54) is 0 Å². The number of benzene rings is 1. The third-order valence-electron chi connectivity index (χ3n) is 7.11. The van der Waals surface area contributed by atoms with Crippen LogP contribution in [-0.2, 0) is 4.79 Å². The number of carboxylic acids is 1. The summed E-state index contributed by atoms with van der Waals surface area (Å²) in [6.07, 6.45) is 8.80. The standard InChI is InChI=1S/C27H35N3O5S/c1-34-21-5-6-24-23(17-21)22(9-11-28-24)25(31)7-3-19-10-14-30(18-20(19)4-8-26(32)33)13-2-16-36-27-29-12-15-35-27/h5-6,9,11-12,15,17,19-20,25,31H,2-4,7-8,10,13-14,16,18H2,1H3,(H,32,33)/t19?,20?,25-/m0/s1. The molecule has 2 unspecified atom stereocenters. The first-order valence-electron chi connectivity index (χ1n) is 12.6. The summed E-state index contributed by atoms with van der Waals surface area (Å²) in [5.74, 6) is 1.65. The Kier molecular flexibility index (Phi) is 9.60. The lowest BCUT2D eigenvalue weighted by Crippen LogP contribution is -2.41. The maximum atomic E-state index is 11.3. The fourth-order valence-corrected chi connectivity index (χ4v) is 5.90. The average molecular weight is 514 g/mol. The fourth-order valence-electron chi connectivity index (χ4n) is 5.20. The molecule has 0 bridgehead atoms. The second kappa shape index (κ2) is 13.1. The number of aliphatic carboxylic acids is 1. The van der Waals surface area contributed by atoms with Crippen LogP contribution in [0.5, 0.6) is 5.75 Å². The summed E-state index contributed by atoms with van der Waals surface area (Å²) in [6, 6.07) is 7.59. The smallest absolute Gasteiger partial charge is 0.303 e. The van der Waals surface area contributed by atoms with Crippen molar-refractivity contribution >= 4 is 28.6 Å². The maximum Gasteiger partial charge on any atom is 0.303 e. The molecule has 0 amide bonds. The number of hydrogen-bond donors (Lipinski definition) is 2. The third kappa shape index (κ3) is 7.21. The molecule has 1 aliphatic rings. The number of fused-ring (bicyclic) bond motifs is 1. The van der Waals surface area contributed by atoms with Gasteiger partial charge in [0.15, 0.2) is 0 Å². The molecule has 1 aromatic carbocycles. The first-order valence-corrected chi connectivity index (χ1v) is 13.6. The van der Waals surface area contributed by atoms with Crippen molar-refractivity contribution in [1.29, 1.82) is 0 Å². The number of aliphatic hydroxyl groups excluding tert-OH is 1. The number of likely N-dealkylation sites (tertiary alicyclic amines) is 1. The molecule has 9 heteroatoms. The third-order valence-corrected chi connectivity index (χ3v) is 8.05. The lowest BCUT2D eigenvalue weighted by Gasteiger charge is -2.39. The minimum Gasteiger partial charge on any atom is -0.497 e. The van der Waals surface area contributed by atoms with Crippen molar-refractivity contribution in [3.05, 3.63) is 48.5 Å². The summed E-state index contributed by atoms with van der Waals surface area (Å²) in [5, 5.41) is 22.0. The molecule has 194 valence electrons. The fraction of sp³-hybridized carbons (Fsp3) is 0.519. The molecule has 8 nitrogen and oxygen atoms in total. The van der Waals surface area contributed by atoms with Crippen molar-refractivity contribution in [2.45, 2.75) is 49.9 Å². The molecule has 0 saturated carbocycles. The predicted molar refractivity (Wildman–Crippen MR) is 139 cm³/mol. The SMILES string of the molecule is COc1ccc2nccc([C@@H](O)CCC3CCN(CCCSc4ncco4)CC3CCC(=O)O)c2c1. The molecule has 3 aromatic rings. The highest BCUT2D eigenvalue weighted by Crippen LogP contribution is 2.35. The van der Waals surface area contributed by atoms with Gasteiger partial charge < -0.3 is 24.3 Å². The Morgan fingerprint density at radius 2 is 2.14 bits per heavy atom. The van der Waals surface area contributed by atoms with Gasteiger partial charge in [-0.25, -0.2) is 4.98 Å². The molecular formula is C27H35N3O5S. The maximum absolute atomic E-state index is 11.3. The van der Waals surface area contributed by atoms with E-state index in [1.807, 2.05) is 24.3 Å². The van der Waals surface area contributed by atoms with Gasteiger partial charge in [-0.2, -0.15) is 0 Å². The molecule has 3 atom stereocenters. The second-order valence-corrected chi connectivity index (χ2v) is 10.5. The number of methoxy groups -OCH3 is 1. The Labute approximate surface area is 216 Å². The molecule has 0 radical (unpaired) electrons. The van der Waals surface area contributed by atoms with E-state index in [0.29, 0.717) is 29.9 Å². The van der Waals surface area contributed by atoms with E-state index >= 15 is 0 Å². The van der Waals surface area contributed by atoms with Crippen LogP contribution in [0, 0.1) is 11.8 Å². The average Bonchev–Trinajstić information content (AvgIpc) is 3.42. The van der Waals surface area contributed by atoms with Gasteiger partial charge in [0.05, 0.1) is 24.9 Å². The van der Waals surface area contributed by atoms with Crippen molar-refractivity contribution < 1.29 is 24.2 Å². The van der Waals surface area contributed by atoms with Crippen LogP contribution < -0.4 is 4.74 Å². The summed E-state index contributed by atoms with van der Waals surface area (Å²) in [6.45, 7) is 2.90. The van der Waals surface area contributed by atoms with Crippen LogP contribution >= 0.6 is 11.8 Å². The summed E-state index contributed by atoms with van der Waals surface area (Å²) < 4.78 is 10.6. The highest BCUT2D eigenvalue weighted by molar-refractivity contribution is 7.99. The van der Waals surface area contributed by atoms with E-state index in [9.17, 15) is 15.0 Å². The predicted octanol–water partition coefficient (Wildman–Crippen LogP) is 5.03. The number of thioether (sulfide) groups is 1. The highest BCUT2D eigenvalue weighted by atomic mass is 32.2. The molecule has 4 rings (SSSR count). The van der Waals surface area contributed by atoms with E-state index in [1.54, 1.807) is 37.5 Å². The van der Waals surface area contributed by atoms with E-state index in [-0.39, 0.29) is 6.42 Å². The summed E-state index contributed by atoms with van der Waals surface area (Å²) >= 11 is 1.62. The normalized spacial score (nSPS) is 19.4. The van der Waals surface area contributed by atoms with Gasteiger partial charge >= 0.3 is 5.97 Å². The number of oxazole rings is 1. The zero-order chi connectivity index (χ0) is 25.3. The molecule has 1 saturated heterocycles. The zero-order valence-electron chi connectivity index (χ0n) is 20.7. The largest absolute Gasteiger partial charge is 0.497 e. The Morgan fingerprint density at radius 3 is 2.92 bits per heavy atom. The van der Waals surface area contributed by atoms with Gasteiger partial charge in [0.2, 0.25) is 0 Å². The minimum absolute atomic E-state index is 0.187. The van der Waals surface area contributed by atoms with Crippen LogP contribution in [0.4, 0.5) is 0 Å². The minimum atomic E-state index is -0.745. The molecule has 0 aliphatic carbocycles. The Balaban J connectivity index is 1.33. The van der Waals surface area contributed by atoms with Gasteiger partial charge in [0.1, 0.15) is 12.0 Å². The first-order chi connectivity index (χ1) is 17.5. The van der Waals surface area contributed by atoms with Gasteiger partial charge in [-0.15, -0.1) is 0 Å². The molecule has 2 N–H and O–H groups in total.